The van der Waals surface area contributed by atoms with Crippen molar-refractivity contribution in [3.05, 3.63) is 35.9 Å². The second-order valence-electron chi connectivity index (χ2n) is 7.50. The Hall–Kier alpha value is -1.43. The molecule has 0 saturated heterocycles. The monoisotopic (exact) mass is 441 g/mol. The first-order chi connectivity index (χ1) is 12.7. The van der Waals surface area contributed by atoms with Gasteiger partial charge in [0.1, 0.15) is 20.8 Å². The summed E-state index contributed by atoms with van der Waals surface area (Å²) >= 11 is 0. The van der Waals surface area contributed by atoms with Crippen LogP contribution in [0.5, 0.6) is 0 Å². The van der Waals surface area contributed by atoms with Crippen LogP contribution in [0.4, 0.5) is 13.2 Å². The van der Waals surface area contributed by atoms with Gasteiger partial charge in [0.25, 0.3) is 0 Å². The predicted octanol–water partition coefficient (Wildman–Crippen LogP) is 2.96. The number of hydrogen-bond acceptors (Lipinski definition) is 5. The van der Waals surface area contributed by atoms with Gasteiger partial charge in [0.05, 0.1) is 13.7 Å². The zero-order valence-electron chi connectivity index (χ0n) is 16.3. The number of alkyl halides is 3. The highest BCUT2D eigenvalue weighted by molar-refractivity contribution is 7.86. The van der Waals surface area contributed by atoms with Gasteiger partial charge in [-0.25, -0.2) is 13.0 Å². The quantitative estimate of drug-likeness (QED) is 0.304. The fourth-order valence-electron chi connectivity index (χ4n) is 2.63. The van der Waals surface area contributed by atoms with Crippen LogP contribution in [0, 0.1) is 0 Å². The maximum absolute atomic E-state index is 10.7. The lowest BCUT2D eigenvalue weighted by molar-refractivity contribution is -0.511. The first kappa shape index (κ1) is 24.6. The first-order valence-electron chi connectivity index (χ1n) is 8.58. The van der Waals surface area contributed by atoms with Crippen LogP contribution >= 0.6 is 0 Å². The van der Waals surface area contributed by atoms with E-state index < -0.39 is 23.7 Å². The van der Waals surface area contributed by atoms with Crippen molar-refractivity contribution in [3.8, 4) is 0 Å². The van der Waals surface area contributed by atoms with E-state index >= 15 is 0 Å². The number of halogens is 3. The summed E-state index contributed by atoms with van der Waals surface area (Å²) < 4.78 is 72.9. The molecule has 0 saturated carbocycles. The van der Waals surface area contributed by atoms with Crippen LogP contribution < -0.4 is 0 Å². The lowest BCUT2D eigenvalue weighted by atomic mass is 10.2. The Bertz CT molecular complexity index is 761. The van der Waals surface area contributed by atoms with Crippen molar-refractivity contribution in [3.63, 3.8) is 0 Å². The lowest BCUT2D eigenvalue weighted by Gasteiger charge is -2.13. The zero-order chi connectivity index (χ0) is 21.6. The smallest absolute Gasteiger partial charge is 0.485 e. The van der Waals surface area contributed by atoms with Crippen molar-refractivity contribution < 1.29 is 40.2 Å². The SMILES string of the molecule is COC1=[N+](C[Si](C)(C)C)CCC1OCc1ccccc1.O=S(=O)([O-])C(F)(F)F. The average Bonchev–Trinajstić information content (AvgIpc) is 2.92. The predicted molar refractivity (Wildman–Crippen MR) is 101 cm³/mol. The summed E-state index contributed by atoms with van der Waals surface area (Å²) in [5.41, 5.74) is -4.43. The molecule has 11 heteroatoms. The molecule has 1 atom stereocenters. The van der Waals surface area contributed by atoms with E-state index in [0.29, 0.717) is 6.61 Å². The van der Waals surface area contributed by atoms with Crippen molar-refractivity contribution in [2.75, 3.05) is 19.8 Å². The van der Waals surface area contributed by atoms with Gasteiger partial charge in [0, 0.05) is 6.42 Å². The maximum atomic E-state index is 10.7. The highest BCUT2D eigenvalue weighted by Gasteiger charge is 2.38. The van der Waals surface area contributed by atoms with Gasteiger partial charge in [-0.05, 0) is 5.56 Å². The van der Waals surface area contributed by atoms with E-state index in [1.165, 1.54) is 5.56 Å². The fraction of sp³-hybridized carbons (Fsp3) is 0.588. The van der Waals surface area contributed by atoms with Crippen LogP contribution in [0.3, 0.4) is 0 Å². The third-order valence-electron chi connectivity index (χ3n) is 3.70. The van der Waals surface area contributed by atoms with Crippen molar-refractivity contribution in [1.29, 1.82) is 0 Å². The van der Waals surface area contributed by atoms with E-state index in [2.05, 4.69) is 36.3 Å². The topological polar surface area (TPSA) is 78.7 Å². The molecule has 2 rings (SSSR count). The third-order valence-corrected chi connectivity index (χ3v) is 5.60. The van der Waals surface area contributed by atoms with Gasteiger partial charge < -0.3 is 14.0 Å². The molecule has 1 aliphatic heterocycles. The molecule has 1 aliphatic rings. The summed E-state index contributed by atoms with van der Waals surface area (Å²) in [6.45, 7) is 8.86. The molecule has 0 fully saturated rings. The molecule has 0 aliphatic carbocycles. The van der Waals surface area contributed by atoms with E-state index in [1.807, 2.05) is 18.2 Å². The Kier molecular flexibility index (Phi) is 8.66. The van der Waals surface area contributed by atoms with E-state index in [1.54, 1.807) is 7.11 Å². The van der Waals surface area contributed by atoms with Crippen LogP contribution in [0.25, 0.3) is 0 Å². The molecule has 1 aromatic rings. The minimum atomic E-state index is -6.09. The van der Waals surface area contributed by atoms with E-state index in [9.17, 15) is 13.2 Å². The van der Waals surface area contributed by atoms with Crippen LogP contribution in [0.1, 0.15) is 12.0 Å². The van der Waals surface area contributed by atoms with Crippen molar-refractivity contribution in [1.82, 2.24) is 0 Å². The second-order valence-corrected chi connectivity index (χ2v) is 14.3. The summed E-state index contributed by atoms with van der Waals surface area (Å²) in [6, 6.07) is 10.3. The molecule has 1 unspecified atom stereocenters. The summed E-state index contributed by atoms with van der Waals surface area (Å²) in [4.78, 5) is 0. The van der Waals surface area contributed by atoms with Gasteiger partial charge in [-0.1, -0.05) is 50.0 Å². The fourth-order valence-corrected chi connectivity index (χ4v) is 4.09. The Morgan fingerprint density at radius 3 is 2.18 bits per heavy atom. The largest absolute Gasteiger partial charge is 0.741 e. The molecule has 0 aromatic heterocycles. The van der Waals surface area contributed by atoms with Gasteiger partial charge in [-0.15, -0.1) is 0 Å². The molecule has 28 heavy (non-hydrogen) atoms. The molecule has 0 spiro atoms. The second kappa shape index (κ2) is 9.86. The number of hydrogen-bond donors (Lipinski definition) is 0. The first-order valence-corrected chi connectivity index (χ1v) is 13.7. The third kappa shape index (κ3) is 8.29. The van der Waals surface area contributed by atoms with Gasteiger partial charge in [0.2, 0.25) is 0 Å². The average molecular weight is 442 g/mol. The maximum Gasteiger partial charge on any atom is 0.485 e. The highest BCUT2D eigenvalue weighted by atomic mass is 32.2. The number of nitrogens with zero attached hydrogens (tertiary/aromatic N) is 1. The molecular formula is C17H26F3NO5SSi. The van der Waals surface area contributed by atoms with Gasteiger partial charge in [-0.2, -0.15) is 13.2 Å². The van der Waals surface area contributed by atoms with Crippen LogP contribution in [0.2, 0.25) is 19.6 Å². The molecule has 6 nitrogen and oxygen atoms in total. The van der Waals surface area contributed by atoms with E-state index in [0.717, 1.165) is 25.0 Å². The highest BCUT2D eigenvalue weighted by Crippen LogP contribution is 2.20. The molecule has 0 bridgehead atoms. The van der Waals surface area contributed by atoms with Gasteiger partial charge >= 0.3 is 11.4 Å². The summed E-state index contributed by atoms with van der Waals surface area (Å²) in [5, 5.41) is 0. The number of rotatable bonds is 5. The molecule has 0 radical (unpaired) electrons. The van der Waals surface area contributed by atoms with Crippen LogP contribution in [0.15, 0.2) is 30.3 Å². The molecule has 1 heterocycles. The Morgan fingerprint density at radius 2 is 1.75 bits per heavy atom. The Labute approximate surface area is 164 Å². The van der Waals surface area contributed by atoms with E-state index in [-0.39, 0.29) is 6.10 Å². The lowest BCUT2D eigenvalue weighted by Crippen LogP contribution is -2.37. The number of benzene rings is 1. The minimum Gasteiger partial charge on any atom is -0.741 e. The Morgan fingerprint density at radius 1 is 1.21 bits per heavy atom. The van der Waals surface area contributed by atoms with Crippen LogP contribution in [-0.4, -0.2) is 63.0 Å². The summed E-state index contributed by atoms with van der Waals surface area (Å²) in [7, 11) is -5.46. The number of methoxy groups -OCH3 is 1. The van der Waals surface area contributed by atoms with Gasteiger partial charge in [0.15, 0.2) is 16.2 Å². The normalized spacial score (nSPS) is 17.9. The standard InChI is InChI=1S/C16H26NO2Si.CHF3O3S/c1-18-16-15(10-11-17(16)13-20(2,3)4)19-12-14-8-6-5-7-9-14;2-1(3,4)8(5,6)7/h5-9,15H,10-13H2,1-4H3;(H,5,6,7)/q+1;/p-1. The van der Waals surface area contributed by atoms with Crippen molar-refractivity contribution in [2.24, 2.45) is 0 Å². The number of ether oxygens (including phenoxy) is 2. The van der Waals surface area contributed by atoms with Gasteiger partial charge in [-0.3, -0.25) is 0 Å². The summed E-state index contributed by atoms with van der Waals surface area (Å²) in [5.74, 6) is 1.02. The van der Waals surface area contributed by atoms with E-state index in [4.69, 9.17) is 22.4 Å². The van der Waals surface area contributed by atoms with Crippen molar-refractivity contribution in [2.45, 2.75) is 44.3 Å². The molecule has 0 amide bonds. The Balaban J connectivity index is 0.000000416. The van der Waals surface area contributed by atoms with Crippen molar-refractivity contribution >= 4 is 24.1 Å². The minimum absolute atomic E-state index is 0.108. The van der Waals surface area contributed by atoms with Crippen LogP contribution in [-0.2, 0) is 26.2 Å². The molecule has 1 aromatic carbocycles. The summed E-state index contributed by atoms with van der Waals surface area (Å²) in [6.07, 6.45) is 2.28. The zero-order valence-corrected chi connectivity index (χ0v) is 18.1. The molecule has 0 N–H and O–H groups in total. The molecule has 160 valence electrons. The molecular weight excluding hydrogens is 415 g/mol.